The lowest BCUT2D eigenvalue weighted by atomic mass is 9.89. The fourth-order valence-electron chi connectivity index (χ4n) is 4.66. The summed E-state index contributed by atoms with van der Waals surface area (Å²) < 4.78 is 69.8. The normalized spacial score (nSPS) is 19.4. The Bertz CT molecular complexity index is 1300. The van der Waals surface area contributed by atoms with Crippen LogP contribution in [-0.2, 0) is 15.4 Å². The number of aromatic nitrogens is 2. The number of sulfone groups is 1. The quantitative estimate of drug-likeness (QED) is 0.410. The first-order valence-corrected chi connectivity index (χ1v) is 15.0. The van der Waals surface area contributed by atoms with E-state index < -0.39 is 33.5 Å². The van der Waals surface area contributed by atoms with Crippen molar-refractivity contribution >= 4 is 33.0 Å². The lowest BCUT2D eigenvalue weighted by Gasteiger charge is -2.27. The summed E-state index contributed by atoms with van der Waals surface area (Å²) in [5.74, 6) is -0.0591. The molecule has 1 aromatic carbocycles. The molecule has 1 aliphatic carbocycles. The van der Waals surface area contributed by atoms with E-state index in [-0.39, 0.29) is 33.3 Å². The molecule has 0 aliphatic heterocycles. The van der Waals surface area contributed by atoms with Crippen molar-refractivity contribution in [2.45, 2.75) is 76.4 Å². The number of benzene rings is 1. The number of anilines is 1. The van der Waals surface area contributed by atoms with Gasteiger partial charge in [-0.05, 0) is 71.4 Å². The van der Waals surface area contributed by atoms with Crippen LogP contribution in [0.2, 0.25) is 5.02 Å². The standard InChI is InChI=1S/C26H36ClF3N4O4S/c1-15(26(28,29)30)32-17-9-12-19(20(13-17)38-5)23-21(27)22(33-34(23)25(2,3)4)24(35)31-14-16-7-10-18(11-8-16)39(6,36)37/h9,12-13,15-16,18,32H,7-8,10-11,14H2,1-6H3,(H,31,35). The maximum atomic E-state index is 13.2. The van der Waals surface area contributed by atoms with Gasteiger partial charge < -0.3 is 15.4 Å². The molecule has 13 heteroatoms. The molecule has 39 heavy (non-hydrogen) atoms. The van der Waals surface area contributed by atoms with Crippen LogP contribution < -0.4 is 15.4 Å². The van der Waals surface area contributed by atoms with Crippen molar-refractivity contribution in [1.82, 2.24) is 15.1 Å². The van der Waals surface area contributed by atoms with Gasteiger partial charge in [-0.25, -0.2) is 8.42 Å². The van der Waals surface area contributed by atoms with Crippen molar-refractivity contribution < 1.29 is 31.1 Å². The summed E-state index contributed by atoms with van der Waals surface area (Å²) in [7, 11) is -1.68. The third kappa shape index (κ3) is 7.39. The molecule has 1 aliphatic rings. The predicted molar refractivity (Wildman–Crippen MR) is 146 cm³/mol. The molecule has 3 rings (SSSR count). The van der Waals surface area contributed by atoms with Crippen LogP contribution in [0.3, 0.4) is 0 Å². The van der Waals surface area contributed by atoms with Crippen LogP contribution in [0.25, 0.3) is 11.3 Å². The van der Waals surface area contributed by atoms with Crippen LogP contribution in [0.15, 0.2) is 18.2 Å². The Balaban J connectivity index is 1.87. The zero-order valence-electron chi connectivity index (χ0n) is 22.9. The number of amides is 1. The Hall–Kier alpha value is -2.47. The monoisotopic (exact) mass is 592 g/mol. The number of carbonyl (C=O) groups excluding carboxylic acids is 1. The summed E-state index contributed by atoms with van der Waals surface area (Å²) in [5, 5.41) is 9.57. The van der Waals surface area contributed by atoms with Gasteiger partial charge in [0.05, 0.1) is 28.6 Å². The van der Waals surface area contributed by atoms with E-state index in [9.17, 15) is 26.4 Å². The lowest BCUT2D eigenvalue weighted by Crippen LogP contribution is -2.34. The third-order valence-corrected chi connectivity index (χ3v) is 9.00. The molecule has 1 amide bonds. The average Bonchev–Trinajstić information content (AvgIpc) is 3.19. The fourth-order valence-corrected chi connectivity index (χ4v) is 6.09. The number of ether oxygens (including phenoxy) is 1. The second-order valence-electron chi connectivity index (χ2n) is 11.1. The van der Waals surface area contributed by atoms with Crippen molar-refractivity contribution in [3.8, 4) is 17.0 Å². The maximum Gasteiger partial charge on any atom is 0.408 e. The van der Waals surface area contributed by atoms with Crippen LogP contribution in [0.1, 0.15) is 63.9 Å². The van der Waals surface area contributed by atoms with E-state index in [1.54, 1.807) is 10.7 Å². The van der Waals surface area contributed by atoms with Crippen molar-refractivity contribution in [2.24, 2.45) is 5.92 Å². The molecular formula is C26H36ClF3N4O4S. The summed E-state index contributed by atoms with van der Waals surface area (Å²) in [6.45, 7) is 7.04. The van der Waals surface area contributed by atoms with Gasteiger partial charge in [-0.15, -0.1) is 0 Å². The van der Waals surface area contributed by atoms with Crippen LogP contribution in [0.5, 0.6) is 5.75 Å². The smallest absolute Gasteiger partial charge is 0.408 e. The van der Waals surface area contributed by atoms with Gasteiger partial charge in [0.15, 0.2) is 5.69 Å². The first-order chi connectivity index (χ1) is 17.9. The molecule has 0 bridgehead atoms. The van der Waals surface area contributed by atoms with Gasteiger partial charge in [0.2, 0.25) is 0 Å². The topological polar surface area (TPSA) is 102 Å². The summed E-state index contributed by atoms with van der Waals surface area (Å²) >= 11 is 6.74. The summed E-state index contributed by atoms with van der Waals surface area (Å²) in [6, 6.07) is 2.74. The molecular weight excluding hydrogens is 557 g/mol. The van der Waals surface area contributed by atoms with Crippen molar-refractivity contribution in [3.05, 3.63) is 28.9 Å². The molecule has 0 radical (unpaired) electrons. The number of carbonyl (C=O) groups is 1. The third-order valence-electron chi connectivity index (χ3n) is 6.96. The van der Waals surface area contributed by atoms with E-state index in [1.807, 2.05) is 20.8 Å². The fraction of sp³-hybridized carbons (Fsp3) is 0.615. The molecule has 1 heterocycles. The second-order valence-corrected chi connectivity index (χ2v) is 13.8. The minimum Gasteiger partial charge on any atom is -0.496 e. The van der Waals surface area contributed by atoms with E-state index in [0.29, 0.717) is 43.5 Å². The van der Waals surface area contributed by atoms with E-state index in [0.717, 1.165) is 6.92 Å². The molecule has 1 unspecified atom stereocenters. The highest BCUT2D eigenvalue weighted by Gasteiger charge is 2.36. The van der Waals surface area contributed by atoms with Crippen LogP contribution in [0, 0.1) is 5.92 Å². The molecule has 1 fully saturated rings. The lowest BCUT2D eigenvalue weighted by molar-refractivity contribution is -0.138. The Morgan fingerprint density at radius 2 is 1.82 bits per heavy atom. The van der Waals surface area contributed by atoms with Gasteiger partial charge in [-0.3, -0.25) is 9.48 Å². The van der Waals surface area contributed by atoms with Gasteiger partial charge in [0.25, 0.3) is 5.91 Å². The molecule has 8 nitrogen and oxygen atoms in total. The second kappa shape index (κ2) is 11.6. The number of alkyl halides is 3. The Labute approximate surface area is 232 Å². The SMILES string of the molecule is COc1cc(NC(C)C(F)(F)F)ccc1-c1c(Cl)c(C(=O)NCC2CCC(S(C)(=O)=O)CC2)nn1C(C)(C)C. The highest BCUT2D eigenvalue weighted by atomic mass is 35.5. The number of nitrogens with zero attached hydrogens (tertiary/aromatic N) is 2. The zero-order valence-corrected chi connectivity index (χ0v) is 24.5. The van der Waals surface area contributed by atoms with Crippen molar-refractivity contribution in [2.75, 3.05) is 25.2 Å². The molecule has 0 spiro atoms. The Kier molecular flexibility index (Phi) is 9.21. The summed E-state index contributed by atoms with van der Waals surface area (Å²) in [6.07, 6.45) is -0.650. The number of rotatable bonds is 8. The minimum atomic E-state index is -4.42. The number of methoxy groups -OCH3 is 1. The van der Waals surface area contributed by atoms with Gasteiger partial charge in [0.1, 0.15) is 21.6 Å². The Morgan fingerprint density at radius 1 is 1.21 bits per heavy atom. The molecule has 1 atom stereocenters. The molecule has 218 valence electrons. The number of nitrogens with one attached hydrogen (secondary N) is 2. The van der Waals surface area contributed by atoms with Gasteiger partial charge in [-0.2, -0.15) is 18.3 Å². The van der Waals surface area contributed by atoms with Crippen LogP contribution in [-0.4, -0.2) is 61.5 Å². The highest BCUT2D eigenvalue weighted by Crippen LogP contribution is 2.41. The number of hydrogen-bond donors (Lipinski definition) is 2. The Morgan fingerprint density at radius 3 is 2.33 bits per heavy atom. The van der Waals surface area contributed by atoms with Crippen LogP contribution >= 0.6 is 11.6 Å². The van der Waals surface area contributed by atoms with E-state index in [1.165, 1.54) is 25.5 Å². The molecule has 1 aromatic heterocycles. The van der Waals surface area contributed by atoms with Crippen molar-refractivity contribution in [1.29, 1.82) is 0 Å². The van der Waals surface area contributed by atoms with E-state index in [2.05, 4.69) is 15.7 Å². The number of hydrogen-bond acceptors (Lipinski definition) is 6. The van der Waals surface area contributed by atoms with Crippen molar-refractivity contribution in [3.63, 3.8) is 0 Å². The molecule has 2 aromatic rings. The zero-order chi connectivity index (χ0) is 29.3. The van der Waals surface area contributed by atoms with Gasteiger partial charge in [-0.1, -0.05) is 11.6 Å². The minimum absolute atomic E-state index is 0.0151. The summed E-state index contributed by atoms with van der Waals surface area (Å²) in [5.41, 5.74) is 0.487. The summed E-state index contributed by atoms with van der Waals surface area (Å²) in [4.78, 5) is 13.2. The van der Waals surface area contributed by atoms with E-state index >= 15 is 0 Å². The first kappa shape index (κ1) is 31.1. The van der Waals surface area contributed by atoms with E-state index in [4.69, 9.17) is 16.3 Å². The number of halogens is 4. The largest absolute Gasteiger partial charge is 0.496 e. The van der Waals surface area contributed by atoms with Crippen LogP contribution in [0.4, 0.5) is 18.9 Å². The molecule has 1 saturated carbocycles. The highest BCUT2D eigenvalue weighted by molar-refractivity contribution is 7.91. The maximum absolute atomic E-state index is 13.2. The first-order valence-electron chi connectivity index (χ1n) is 12.7. The average molecular weight is 593 g/mol. The molecule has 2 N–H and O–H groups in total. The molecule has 0 saturated heterocycles. The van der Waals surface area contributed by atoms with Gasteiger partial charge >= 0.3 is 6.18 Å². The van der Waals surface area contributed by atoms with Gasteiger partial charge in [0, 0.05) is 30.1 Å². The predicted octanol–water partition coefficient (Wildman–Crippen LogP) is 5.66.